The van der Waals surface area contributed by atoms with Crippen LogP contribution in [0.25, 0.3) is 0 Å². The molecule has 0 heterocycles. The van der Waals surface area contributed by atoms with Gasteiger partial charge in [0.2, 0.25) is 5.91 Å². The van der Waals surface area contributed by atoms with Gasteiger partial charge >= 0.3 is 0 Å². The van der Waals surface area contributed by atoms with Gasteiger partial charge in [0.1, 0.15) is 12.4 Å². The first-order chi connectivity index (χ1) is 8.54. The van der Waals surface area contributed by atoms with Crippen LogP contribution in [0.1, 0.15) is 18.5 Å². The second kappa shape index (κ2) is 7.35. The maximum absolute atomic E-state index is 10.5. The second-order valence-corrected chi connectivity index (χ2v) is 4.56. The lowest BCUT2D eigenvalue weighted by Gasteiger charge is -2.14. The van der Waals surface area contributed by atoms with E-state index in [0.29, 0.717) is 6.61 Å². The molecule has 5 nitrogen and oxygen atoms in total. The average Bonchev–Trinajstić information content (AvgIpc) is 2.28. The molecule has 4 N–H and O–H groups in total. The van der Waals surface area contributed by atoms with Gasteiger partial charge in [0.05, 0.1) is 19.3 Å². The number of nitrogens with two attached hydrogens (primary N) is 2. The molecule has 0 spiro atoms. The fraction of sp³-hybridized carbons (Fsp3) is 0.417. The Labute approximate surface area is 115 Å². The molecule has 1 rings (SSSR count). The second-order valence-electron chi connectivity index (χ2n) is 3.70. The molecule has 0 bridgehead atoms. The van der Waals surface area contributed by atoms with Crippen LogP contribution in [0.5, 0.6) is 5.75 Å². The van der Waals surface area contributed by atoms with Crippen LogP contribution in [-0.4, -0.2) is 25.7 Å². The summed E-state index contributed by atoms with van der Waals surface area (Å²) in [5, 5.41) is 0. The van der Waals surface area contributed by atoms with Crippen molar-refractivity contribution in [2.24, 2.45) is 11.5 Å². The average molecular weight is 317 g/mol. The van der Waals surface area contributed by atoms with Crippen molar-refractivity contribution in [3.63, 3.8) is 0 Å². The minimum Gasteiger partial charge on any atom is -0.494 e. The molecule has 1 aromatic carbocycles. The summed E-state index contributed by atoms with van der Waals surface area (Å²) in [6.45, 7) is 2.64. The topological polar surface area (TPSA) is 87.6 Å². The van der Waals surface area contributed by atoms with Gasteiger partial charge in [0.25, 0.3) is 0 Å². The molecule has 0 aliphatic carbocycles. The Morgan fingerprint density at radius 2 is 2.22 bits per heavy atom. The Balaban J connectivity index is 2.62. The van der Waals surface area contributed by atoms with Crippen molar-refractivity contribution in [1.82, 2.24) is 0 Å². The molecule has 0 saturated heterocycles. The van der Waals surface area contributed by atoms with E-state index < -0.39 is 5.91 Å². The summed E-state index contributed by atoms with van der Waals surface area (Å²) in [5.74, 6) is 0.270. The first kappa shape index (κ1) is 14.9. The van der Waals surface area contributed by atoms with E-state index in [-0.39, 0.29) is 19.3 Å². The highest BCUT2D eigenvalue weighted by molar-refractivity contribution is 9.10. The highest BCUT2D eigenvalue weighted by Gasteiger charge is 2.11. The maximum Gasteiger partial charge on any atom is 0.243 e. The summed E-state index contributed by atoms with van der Waals surface area (Å²) in [7, 11) is 0. The lowest BCUT2D eigenvalue weighted by atomic mass is 10.1. The maximum atomic E-state index is 10.5. The molecule has 0 aromatic heterocycles. The van der Waals surface area contributed by atoms with Gasteiger partial charge in [-0.05, 0) is 24.6 Å². The molecule has 1 atom stereocenters. The molecule has 0 saturated carbocycles. The summed E-state index contributed by atoms with van der Waals surface area (Å²) in [4.78, 5) is 10.5. The number of carbonyl (C=O) groups is 1. The van der Waals surface area contributed by atoms with Gasteiger partial charge in [-0.3, -0.25) is 4.79 Å². The van der Waals surface area contributed by atoms with Crippen molar-refractivity contribution in [2.45, 2.75) is 13.0 Å². The monoisotopic (exact) mass is 316 g/mol. The number of amides is 1. The minimum absolute atomic E-state index is 0.123. The zero-order valence-electron chi connectivity index (χ0n) is 10.2. The van der Waals surface area contributed by atoms with Crippen molar-refractivity contribution < 1.29 is 14.3 Å². The van der Waals surface area contributed by atoms with Crippen LogP contribution in [-0.2, 0) is 9.53 Å². The number of rotatable bonds is 7. The first-order valence-corrected chi connectivity index (χ1v) is 6.37. The lowest BCUT2D eigenvalue weighted by Crippen LogP contribution is -2.23. The van der Waals surface area contributed by atoms with Crippen molar-refractivity contribution >= 4 is 21.8 Å². The lowest BCUT2D eigenvalue weighted by molar-refractivity contribution is -0.122. The van der Waals surface area contributed by atoms with E-state index in [9.17, 15) is 4.79 Å². The van der Waals surface area contributed by atoms with Crippen LogP contribution in [0, 0.1) is 0 Å². The number of hydrogen-bond acceptors (Lipinski definition) is 4. The number of primary amides is 1. The van der Waals surface area contributed by atoms with Crippen molar-refractivity contribution in [3.05, 3.63) is 28.2 Å². The molecule has 100 valence electrons. The van der Waals surface area contributed by atoms with Gasteiger partial charge in [-0.2, -0.15) is 0 Å². The number of benzene rings is 1. The molecule has 0 radical (unpaired) electrons. The molecule has 0 fully saturated rings. The van der Waals surface area contributed by atoms with Crippen LogP contribution < -0.4 is 16.2 Å². The molecular weight excluding hydrogens is 300 g/mol. The van der Waals surface area contributed by atoms with Crippen LogP contribution in [0.3, 0.4) is 0 Å². The van der Waals surface area contributed by atoms with Gasteiger partial charge in [0.15, 0.2) is 0 Å². The van der Waals surface area contributed by atoms with Gasteiger partial charge in [-0.1, -0.05) is 22.0 Å². The molecule has 6 heteroatoms. The third-order valence-electron chi connectivity index (χ3n) is 2.22. The third kappa shape index (κ3) is 4.64. The standard InChI is InChI=1S/C12H17BrN2O3/c1-2-18-8-3-4-9(10(13)5-8)11(14)6-17-7-12(15)16/h3-5,11H,2,6-7,14H2,1H3,(H2,15,16). The van der Waals surface area contributed by atoms with Gasteiger partial charge < -0.3 is 20.9 Å². The minimum atomic E-state index is -0.507. The van der Waals surface area contributed by atoms with Gasteiger partial charge in [-0.15, -0.1) is 0 Å². The predicted molar refractivity (Wildman–Crippen MR) is 72.3 cm³/mol. The third-order valence-corrected chi connectivity index (χ3v) is 2.91. The van der Waals surface area contributed by atoms with Crippen molar-refractivity contribution in [2.75, 3.05) is 19.8 Å². The molecule has 18 heavy (non-hydrogen) atoms. The summed E-state index contributed by atoms with van der Waals surface area (Å²) in [5.41, 5.74) is 11.8. The highest BCUT2D eigenvalue weighted by Crippen LogP contribution is 2.27. The van der Waals surface area contributed by atoms with Crippen molar-refractivity contribution in [1.29, 1.82) is 0 Å². The van der Waals surface area contributed by atoms with E-state index in [4.69, 9.17) is 20.9 Å². The number of ether oxygens (including phenoxy) is 2. The Morgan fingerprint density at radius 1 is 1.50 bits per heavy atom. The fourth-order valence-corrected chi connectivity index (χ4v) is 2.09. The number of halogens is 1. The highest BCUT2D eigenvalue weighted by atomic mass is 79.9. The zero-order valence-corrected chi connectivity index (χ0v) is 11.8. The normalized spacial score (nSPS) is 12.2. The SMILES string of the molecule is CCOc1ccc(C(N)COCC(N)=O)c(Br)c1. The van der Waals surface area contributed by atoms with E-state index in [2.05, 4.69) is 15.9 Å². The van der Waals surface area contributed by atoms with Crippen LogP contribution in [0.15, 0.2) is 22.7 Å². The molecule has 0 aliphatic rings. The summed E-state index contributed by atoms with van der Waals surface area (Å²) in [6.07, 6.45) is 0. The summed E-state index contributed by atoms with van der Waals surface area (Å²) < 4.78 is 11.3. The van der Waals surface area contributed by atoms with Gasteiger partial charge in [0, 0.05) is 4.47 Å². The quantitative estimate of drug-likeness (QED) is 0.794. The first-order valence-electron chi connectivity index (χ1n) is 5.58. The summed E-state index contributed by atoms with van der Waals surface area (Å²) >= 11 is 3.43. The van der Waals surface area contributed by atoms with E-state index >= 15 is 0 Å². The van der Waals surface area contributed by atoms with Crippen molar-refractivity contribution in [3.8, 4) is 5.75 Å². The van der Waals surface area contributed by atoms with Crippen LogP contribution in [0.4, 0.5) is 0 Å². The molecule has 1 amide bonds. The molecular formula is C12H17BrN2O3. The zero-order chi connectivity index (χ0) is 13.5. The van der Waals surface area contributed by atoms with Crippen LogP contribution in [0.2, 0.25) is 0 Å². The Kier molecular flexibility index (Phi) is 6.11. The number of carbonyl (C=O) groups excluding carboxylic acids is 1. The van der Waals surface area contributed by atoms with E-state index in [1.54, 1.807) is 0 Å². The predicted octanol–water partition coefficient (Wildman–Crippen LogP) is 1.35. The fourth-order valence-electron chi connectivity index (χ4n) is 1.44. The van der Waals surface area contributed by atoms with E-state index in [0.717, 1.165) is 15.8 Å². The largest absolute Gasteiger partial charge is 0.494 e. The van der Waals surface area contributed by atoms with E-state index in [1.807, 2.05) is 25.1 Å². The van der Waals surface area contributed by atoms with Crippen LogP contribution >= 0.6 is 15.9 Å². The van der Waals surface area contributed by atoms with Gasteiger partial charge in [-0.25, -0.2) is 0 Å². The molecule has 1 unspecified atom stereocenters. The molecule has 1 aromatic rings. The number of hydrogen-bond donors (Lipinski definition) is 2. The Morgan fingerprint density at radius 3 is 2.78 bits per heavy atom. The Hall–Kier alpha value is -1.11. The summed E-state index contributed by atoms with van der Waals surface area (Å²) in [6, 6.07) is 5.24. The molecule has 0 aliphatic heterocycles. The smallest absolute Gasteiger partial charge is 0.243 e. The van der Waals surface area contributed by atoms with E-state index in [1.165, 1.54) is 0 Å². The Bertz CT molecular complexity index is 412.